The molecule has 3 nitrogen and oxygen atoms in total. The summed E-state index contributed by atoms with van der Waals surface area (Å²) in [6.45, 7) is 13.1. The molecule has 5 aromatic rings. The number of rotatable bonds is 3. The Morgan fingerprint density at radius 1 is 0.429 bits per heavy atom. The Bertz CT molecular complexity index is 1310. The molecule has 0 N–H and O–H groups in total. The minimum absolute atomic E-state index is 0.520. The third-order valence-electron chi connectivity index (χ3n) is 5.94. The highest BCUT2D eigenvalue weighted by molar-refractivity contribution is 5.80. The van der Waals surface area contributed by atoms with Crippen molar-refractivity contribution in [3.05, 3.63) is 116 Å². The van der Waals surface area contributed by atoms with Gasteiger partial charge in [-0.2, -0.15) is 4.57 Å². The Labute approximate surface area is 210 Å². The van der Waals surface area contributed by atoms with E-state index >= 15 is 0 Å². The predicted octanol–water partition coefficient (Wildman–Crippen LogP) is 6.97. The summed E-state index contributed by atoms with van der Waals surface area (Å²) in [7, 11) is 0. The lowest BCUT2D eigenvalue weighted by atomic mass is 10.2. The average Bonchev–Trinajstić information content (AvgIpc) is 2.89. The topological polar surface area (TPSA) is 11.6 Å². The fourth-order valence-electron chi connectivity index (χ4n) is 3.86. The number of pyridine rings is 3. The van der Waals surface area contributed by atoms with E-state index in [1.165, 1.54) is 21.7 Å². The van der Waals surface area contributed by atoms with Gasteiger partial charge in [0.15, 0.2) is 49.1 Å². The molecule has 35 heavy (non-hydrogen) atoms. The van der Waals surface area contributed by atoms with E-state index in [1.807, 2.05) is 18.2 Å². The SMILES string of the molecule is CC(C)[n+]1ccc2ccccc2c1.CC(C)[n+]1cccc2ccccc21.CC(C)[n+]1ccccc1. The van der Waals surface area contributed by atoms with Crippen LogP contribution in [0, 0.1) is 0 Å². The predicted molar refractivity (Wildman–Crippen MR) is 146 cm³/mol. The summed E-state index contributed by atoms with van der Waals surface area (Å²) < 4.78 is 6.68. The summed E-state index contributed by atoms with van der Waals surface area (Å²) in [4.78, 5) is 0. The Morgan fingerprint density at radius 2 is 1.00 bits per heavy atom. The second-order valence-corrected chi connectivity index (χ2v) is 9.60. The summed E-state index contributed by atoms with van der Waals surface area (Å²) >= 11 is 0. The molecule has 0 fully saturated rings. The maximum absolute atomic E-state index is 2.29. The fraction of sp³-hybridized carbons (Fsp3) is 0.281. The van der Waals surface area contributed by atoms with Gasteiger partial charge in [-0.25, -0.2) is 9.13 Å². The normalized spacial score (nSPS) is 10.8. The molecule has 180 valence electrons. The lowest BCUT2D eigenvalue weighted by Crippen LogP contribution is -2.36. The van der Waals surface area contributed by atoms with Crippen molar-refractivity contribution in [1.29, 1.82) is 0 Å². The van der Waals surface area contributed by atoms with Crippen molar-refractivity contribution in [3.63, 3.8) is 0 Å². The van der Waals surface area contributed by atoms with Gasteiger partial charge in [-0.15, -0.1) is 0 Å². The molecule has 0 aliphatic heterocycles. The fourth-order valence-corrected chi connectivity index (χ4v) is 3.86. The number of hydrogen-bond acceptors (Lipinski definition) is 0. The van der Waals surface area contributed by atoms with E-state index in [0.717, 1.165) is 0 Å². The van der Waals surface area contributed by atoms with Crippen molar-refractivity contribution in [2.24, 2.45) is 0 Å². The van der Waals surface area contributed by atoms with Crippen molar-refractivity contribution in [1.82, 2.24) is 0 Å². The van der Waals surface area contributed by atoms with Crippen LogP contribution in [0.5, 0.6) is 0 Å². The summed E-state index contributed by atoms with van der Waals surface area (Å²) in [6, 6.07) is 31.0. The number of benzene rings is 2. The lowest BCUT2D eigenvalue weighted by Gasteiger charge is -2.03. The van der Waals surface area contributed by atoms with Gasteiger partial charge in [0.1, 0.15) is 0 Å². The van der Waals surface area contributed by atoms with Gasteiger partial charge < -0.3 is 0 Å². The maximum Gasteiger partial charge on any atom is 0.212 e. The molecular weight excluding hydrogens is 426 g/mol. The second kappa shape index (κ2) is 12.8. The molecule has 2 aromatic carbocycles. The quantitative estimate of drug-likeness (QED) is 0.254. The molecule has 0 saturated heterocycles. The van der Waals surface area contributed by atoms with Gasteiger partial charge >= 0.3 is 0 Å². The van der Waals surface area contributed by atoms with Crippen molar-refractivity contribution < 1.29 is 13.7 Å². The van der Waals surface area contributed by atoms with Gasteiger partial charge in [0.25, 0.3) is 0 Å². The molecule has 0 radical (unpaired) electrons. The third kappa shape index (κ3) is 7.45. The average molecular weight is 467 g/mol. The first kappa shape index (κ1) is 26.0. The molecule has 0 aliphatic carbocycles. The zero-order chi connectivity index (χ0) is 25.2. The van der Waals surface area contributed by atoms with Gasteiger partial charge in [0.2, 0.25) is 5.52 Å². The summed E-state index contributed by atoms with van der Waals surface area (Å²) in [5, 5.41) is 3.91. The van der Waals surface area contributed by atoms with Crippen molar-refractivity contribution in [2.75, 3.05) is 0 Å². The van der Waals surface area contributed by atoms with Crippen LogP contribution in [-0.4, -0.2) is 0 Å². The minimum Gasteiger partial charge on any atom is -0.203 e. The molecule has 0 saturated carbocycles. The highest BCUT2D eigenvalue weighted by atomic mass is 15.0. The molecule has 5 rings (SSSR count). The van der Waals surface area contributed by atoms with E-state index in [1.54, 1.807) is 0 Å². The van der Waals surface area contributed by atoms with E-state index < -0.39 is 0 Å². The number of aromatic nitrogens is 3. The first-order valence-corrected chi connectivity index (χ1v) is 12.6. The van der Waals surface area contributed by atoms with Gasteiger partial charge in [-0.1, -0.05) is 36.4 Å². The summed E-state index contributed by atoms with van der Waals surface area (Å²) in [5.74, 6) is 0. The Hall–Kier alpha value is -3.59. The number of hydrogen-bond donors (Lipinski definition) is 0. The Morgan fingerprint density at radius 3 is 1.60 bits per heavy atom. The van der Waals surface area contributed by atoms with Crippen LogP contribution in [0.15, 0.2) is 116 Å². The highest BCUT2D eigenvalue weighted by Gasteiger charge is 2.10. The number of nitrogens with zero attached hydrogens (tertiary/aromatic N) is 3. The molecule has 0 unspecified atom stereocenters. The highest BCUT2D eigenvalue weighted by Crippen LogP contribution is 2.11. The third-order valence-corrected chi connectivity index (χ3v) is 5.94. The monoisotopic (exact) mass is 466 g/mol. The van der Waals surface area contributed by atoms with Crippen molar-refractivity contribution in [3.8, 4) is 0 Å². The van der Waals surface area contributed by atoms with Crippen LogP contribution in [-0.2, 0) is 0 Å². The first-order chi connectivity index (χ1) is 16.9. The number of fused-ring (bicyclic) bond motifs is 2. The van der Waals surface area contributed by atoms with Crippen LogP contribution in [0.1, 0.15) is 59.7 Å². The van der Waals surface area contributed by atoms with Crippen LogP contribution >= 0.6 is 0 Å². The van der Waals surface area contributed by atoms with Gasteiger partial charge in [-0.05, 0) is 65.1 Å². The summed E-state index contributed by atoms with van der Waals surface area (Å²) in [6.07, 6.45) is 10.6. The van der Waals surface area contributed by atoms with Crippen LogP contribution in [0.25, 0.3) is 21.7 Å². The zero-order valence-corrected chi connectivity index (χ0v) is 22.0. The van der Waals surface area contributed by atoms with Gasteiger partial charge in [0, 0.05) is 41.1 Å². The van der Waals surface area contributed by atoms with E-state index in [-0.39, 0.29) is 0 Å². The Kier molecular flexibility index (Phi) is 9.48. The largest absolute Gasteiger partial charge is 0.212 e. The molecule has 3 heterocycles. The van der Waals surface area contributed by atoms with E-state index in [2.05, 4.69) is 153 Å². The molecule has 0 spiro atoms. The lowest BCUT2D eigenvalue weighted by molar-refractivity contribution is -0.716. The summed E-state index contributed by atoms with van der Waals surface area (Å²) in [5.41, 5.74) is 1.31. The van der Waals surface area contributed by atoms with E-state index in [4.69, 9.17) is 0 Å². The maximum atomic E-state index is 2.29. The second-order valence-electron chi connectivity index (χ2n) is 9.60. The van der Waals surface area contributed by atoms with Gasteiger partial charge in [0.05, 0.1) is 0 Å². The van der Waals surface area contributed by atoms with Crippen molar-refractivity contribution >= 4 is 21.7 Å². The molecule has 3 heteroatoms. The molecule has 0 aliphatic rings. The molecule has 0 bridgehead atoms. The standard InChI is InChI=1S/2C12H14N.C8H12N/c1-10(2)13-9-5-7-11-6-3-4-8-12(11)13;1-10(2)13-8-7-11-5-3-4-6-12(11)9-13;1-8(2)9-6-4-3-5-7-9/h2*3-10H,1-2H3;3-8H,1-2H3/q3*+1. The van der Waals surface area contributed by atoms with Crippen LogP contribution < -0.4 is 13.7 Å². The number of para-hydroxylation sites is 1. The molecular formula is C32H40N3+3. The van der Waals surface area contributed by atoms with Crippen LogP contribution in [0.3, 0.4) is 0 Å². The van der Waals surface area contributed by atoms with Crippen molar-refractivity contribution in [2.45, 2.75) is 59.7 Å². The minimum atomic E-state index is 0.520. The van der Waals surface area contributed by atoms with Crippen LogP contribution in [0.4, 0.5) is 0 Å². The molecule has 0 atom stereocenters. The Balaban J connectivity index is 0.000000150. The molecule has 0 amide bonds. The van der Waals surface area contributed by atoms with E-state index in [9.17, 15) is 0 Å². The first-order valence-electron chi connectivity index (χ1n) is 12.6. The smallest absolute Gasteiger partial charge is 0.203 e. The molecule has 3 aromatic heterocycles. The zero-order valence-electron chi connectivity index (χ0n) is 22.0. The van der Waals surface area contributed by atoms with E-state index in [0.29, 0.717) is 18.1 Å². The van der Waals surface area contributed by atoms with Gasteiger partial charge in [-0.3, -0.25) is 0 Å². The van der Waals surface area contributed by atoms with Crippen LogP contribution in [0.2, 0.25) is 0 Å².